The van der Waals surface area contributed by atoms with Crippen molar-refractivity contribution in [3.8, 4) is 0 Å². The van der Waals surface area contributed by atoms with Crippen molar-refractivity contribution in [2.24, 2.45) is 0 Å². The molecule has 0 saturated heterocycles. The number of nitrogen functional groups attached to an aromatic ring is 1. The molecule has 0 atom stereocenters. The van der Waals surface area contributed by atoms with Crippen LogP contribution in [0.4, 0.5) is 10.8 Å². The second-order valence-corrected chi connectivity index (χ2v) is 5.73. The molecule has 3 N–H and O–H groups in total. The van der Waals surface area contributed by atoms with Gasteiger partial charge in [-0.1, -0.05) is 37.3 Å². The average Bonchev–Trinajstić information content (AvgIpc) is 2.69. The van der Waals surface area contributed by atoms with Gasteiger partial charge in [0, 0.05) is 5.69 Å². The maximum atomic E-state index is 12.1. The van der Waals surface area contributed by atoms with E-state index in [2.05, 4.69) is 30.2 Å². The summed E-state index contributed by atoms with van der Waals surface area (Å²) in [4.78, 5) is 16.8. The first-order valence-corrected chi connectivity index (χ1v) is 6.93. The van der Waals surface area contributed by atoms with E-state index in [0.717, 1.165) is 5.69 Å². The normalized spacial score (nSPS) is 10.7. The maximum Gasteiger partial charge on any atom is 0.267 e. The Kier molecular flexibility index (Phi) is 3.85. The molecule has 0 unspecified atom stereocenters. The number of thiazole rings is 1. The fraction of sp³-hybridized carbons (Fsp3) is 0.286. The van der Waals surface area contributed by atoms with Crippen molar-refractivity contribution >= 4 is 28.1 Å². The van der Waals surface area contributed by atoms with Crippen LogP contribution < -0.4 is 11.1 Å². The van der Waals surface area contributed by atoms with Crippen molar-refractivity contribution in [2.45, 2.75) is 26.7 Å². The van der Waals surface area contributed by atoms with E-state index in [1.807, 2.05) is 18.2 Å². The van der Waals surface area contributed by atoms with Crippen LogP contribution >= 0.6 is 11.3 Å². The monoisotopic (exact) mass is 275 g/mol. The largest absolute Gasteiger partial charge is 0.375 e. The van der Waals surface area contributed by atoms with Gasteiger partial charge in [-0.15, -0.1) is 0 Å². The van der Waals surface area contributed by atoms with Crippen LogP contribution in [0.1, 0.15) is 40.7 Å². The third kappa shape index (κ3) is 3.12. The third-order valence-electron chi connectivity index (χ3n) is 2.83. The highest BCUT2D eigenvalue weighted by Crippen LogP contribution is 2.22. The summed E-state index contributed by atoms with van der Waals surface area (Å²) in [6.45, 7) is 6.02. The molecular weight excluding hydrogens is 258 g/mol. The smallest absolute Gasteiger partial charge is 0.267 e. The molecule has 2 rings (SSSR count). The van der Waals surface area contributed by atoms with Crippen LogP contribution in [-0.4, -0.2) is 10.9 Å². The van der Waals surface area contributed by atoms with Crippen molar-refractivity contribution < 1.29 is 4.79 Å². The SMILES string of the molecule is Cc1nc(N)sc1C(=O)Nc1cccc(C(C)C)c1. The number of carbonyl (C=O) groups is 1. The van der Waals surface area contributed by atoms with Crippen molar-refractivity contribution in [1.82, 2.24) is 4.98 Å². The van der Waals surface area contributed by atoms with E-state index in [0.29, 0.717) is 21.6 Å². The molecular formula is C14H17N3OS. The molecule has 0 aliphatic carbocycles. The Balaban J connectivity index is 2.19. The van der Waals surface area contributed by atoms with Gasteiger partial charge in [0.1, 0.15) is 4.88 Å². The quantitative estimate of drug-likeness (QED) is 0.902. The van der Waals surface area contributed by atoms with Crippen molar-refractivity contribution in [3.63, 3.8) is 0 Å². The highest BCUT2D eigenvalue weighted by molar-refractivity contribution is 7.17. The summed E-state index contributed by atoms with van der Waals surface area (Å²) >= 11 is 1.21. The second kappa shape index (κ2) is 5.40. The number of benzene rings is 1. The summed E-state index contributed by atoms with van der Waals surface area (Å²) in [6.07, 6.45) is 0. The molecule has 2 aromatic rings. The van der Waals surface area contributed by atoms with Gasteiger partial charge in [-0.25, -0.2) is 4.98 Å². The summed E-state index contributed by atoms with van der Waals surface area (Å²) in [5.74, 6) is 0.269. The van der Waals surface area contributed by atoms with E-state index in [1.165, 1.54) is 16.9 Å². The molecule has 0 radical (unpaired) electrons. The molecule has 4 nitrogen and oxygen atoms in total. The molecule has 0 aliphatic rings. The Labute approximate surface area is 116 Å². The first kappa shape index (κ1) is 13.5. The van der Waals surface area contributed by atoms with Crippen LogP contribution in [0.2, 0.25) is 0 Å². The molecule has 19 heavy (non-hydrogen) atoms. The van der Waals surface area contributed by atoms with Crippen molar-refractivity contribution in [3.05, 3.63) is 40.4 Å². The molecule has 0 fully saturated rings. The molecule has 0 aliphatic heterocycles. The number of amides is 1. The Morgan fingerprint density at radius 3 is 2.74 bits per heavy atom. The Bertz CT molecular complexity index is 604. The number of nitrogens with one attached hydrogen (secondary N) is 1. The predicted molar refractivity (Wildman–Crippen MR) is 79.7 cm³/mol. The van der Waals surface area contributed by atoms with Gasteiger partial charge in [0.05, 0.1) is 5.69 Å². The number of aryl methyl sites for hydroxylation is 1. The average molecular weight is 275 g/mol. The standard InChI is InChI=1S/C14H17N3OS/c1-8(2)10-5-4-6-11(7-10)17-13(18)12-9(3)16-14(15)19-12/h4-8H,1-3H3,(H2,15,16)(H,17,18). The molecule has 1 heterocycles. The molecule has 5 heteroatoms. The van der Waals surface area contributed by atoms with E-state index in [9.17, 15) is 4.79 Å². The summed E-state index contributed by atoms with van der Waals surface area (Å²) in [6, 6.07) is 7.86. The van der Waals surface area contributed by atoms with E-state index in [4.69, 9.17) is 5.73 Å². The van der Waals surface area contributed by atoms with Crippen LogP contribution in [-0.2, 0) is 0 Å². The first-order valence-electron chi connectivity index (χ1n) is 6.11. The van der Waals surface area contributed by atoms with Gasteiger partial charge in [-0.2, -0.15) is 0 Å². The number of carbonyl (C=O) groups excluding carboxylic acids is 1. The topological polar surface area (TPSA) is 68.0 Å². The van der Waals surface area contributed by atoms with Crippen LogP contribution in [0.3, 0.4) is 0 Å². The maximum absolute atomic E-state index is 12.1. The van der Waals surface area contributed by atoms with Gasteiger partial charge in [0.2, 0.25) is 0 Å². The molecule has 1 amide bonds. The van der Waals surface area contributed by atoms with E-state index in [-0.39, 0.29) is 5.91 Å². The molecule has 0 saturated carbocycles. The fourth-order valence-electron chi connectivity index (χ4n) is 1.79. The van der Waals surface area contributed by atoms with E-state index in [1.54, 1.807) is 6.92 Å². The molecule has 1 aromatic heterocycles. The summed E-state index contributed by atoms with van der Waals surface area (Å²) < 4.78 is 0. The van der Waals surface area contributed by atoms with Crippen LogP contribution in [0, 0.1) is 6.92 Å². The minimum absolute atomic E-state index is 0.160. The minimum Gasteiger partial charge on any atom is -0.375 e. The number of aromatic nitrogens is 1. The first-order chi connectivity index (χ1) is 8.97. The lowest BCUT2D eigenvalue weighted by Crippen LogP contribution is -2.11. The number of nitrogens with zero attached hydrogens (tertiary/aromatic N) is 1. The second-order valence-electron chi connectivity index (χ2n) is 4.70. The Hall–Kier alpha value is -1.88. The van der Waals surface area contributed by atoms with E-state index < -0.39 is 0 Å². The van der Waals surface area contributed by atoms with E-state index >= 15 is 0 Å². The zero-order chi connectivity index (χ0) is 14.0. The fourth-order valence-corrected chi connectivity index (χ4v) is 2.52. The van der Waals surface area contributed by atoms with Crippen molar-refractivity contribution in [2.75, 3.05) is 11.1 Å². The van der Waals surface area contributed by atoms with Gasteiger partial charge in [0.15, 0.2) is 5.13 Å². The number of anilines is 2. The molecule has 0 bridgehead atoms. The Morgan fingerprint density at radius 2 is 2.16 bits per heavy atom. The van der Waals surface area contributed by atoms with Gasteiger partial charge < -0.3 is 11.1 Å². The molecule has 0 spiro atoms. The van der Waals surface area contributed by atoms with Gasteiger partial charge >= 0.3 is 0 Å². The number of rotatable bonds is 3. The number of hydrogen-bond acceptors (Lipinski definition) is 4. The number of nitrogens with two attached hydrogens (primary N) is 1. The zero-order valence-corrected chi connectivity index (χ0v) is 12.0. The van der Waals surface area contributed by atoms with Crippen LogP contribution in [0.15, 0.2) is 24.3 Å². The van der Waals surface area contributed by atoms with Crippen LogP contribution in [0.25, 0.3) is 0 Å². The summed E-state index contributed by atoms with van der Waals surface area (Å²) in [5.41, 5.74) is 8.26. The highest BCUT2D eigenvalue weighted by Gasteiger charge is 2.14. The van der Waals surface area contributed by atoms with Gasteiger partial charge in [-0.05, 0) is 30.5 Å². The zero-order valence-electron chi connectivity index (χ0n) is 11.2. The lowest BCUT2D eigenvalue weighted by molar-refractivity contribution is 0.103. The lowest BCUT2D eigenvalue weighted by Gasteiger charge is -2.09. The van der Waals surface area contributed by atoms with Crippen molar-refractivity contribution in [1.29, 1.82) is 0 Å². The minimum atomic E-state index is -0.160. The highest BCUT2D eigenvalue weighted by atomic mass is 32.1. The van der Waals surface area contributed by atoms with Gasteiger partial charge in [-0.3, -0.25) is 4.79 Å². The molecule has 1 aromatic carbocycles. The van der Waals surface area contributed by atoms with Crippen LogP contribution in [0.5, 0.6) is 0 Å². The molecule has 100 valence electrons. The number of hydrogen-bond donors (Lipinski definition) is 2. The Morgan fingerprint density at radius 1 is 1.42 bits per heavy atom. The van der Waals surface area contributed by atoms with Gasteiger partial charge in [0.25, 0.3) is 5.91 Å². The summed E-state index contributed by atoms with van der Waals surface area (Å²) in [5, 5.41) is 3.30. The lowest BCUT2D eigenvalue weighted by atomic mass is 10.0. The predicted octanol–water partition coefficient (Wildman–Crippen LogP) is 3.41. The summed E-state index contributed by atoms with van der Waals surface area (Å²) in [7, 11) is 0. The third-order valence-corrected chi connectivity index (χ3v) is 3.82.